The maximum Gasteiger partial charge on any atom is 0.416 e. The zero-order valence-corrected chi connectivity index (χ0v) is 24.7. The highest BCUT2D eigenvalue weighted by atomic mass is 19.4. The van der Waals surface area contributed by atoms with Gasteiger partial charge in [0.05, 0.1) is 41.4 Å². The minimum atomic E-state index is -5.11. The van der Waals surface area contributed by atoms with Gasteiger partial charge < -0.3 is 9.84 Å². The molecule has 44 heavy (non-hydrogen) atoms. The summed E-state index contributed by atoms with van der Waals surface area (Å²) in [4.78, 5) is 27.7. The van der Waals surface area contributed by atoms with E-state index in [0.717, 1.165) is 33.4 Å². The topological polar surface area (TPSA) is 66.8 Å². The lowest BCUT2D eigenvalue weighted by atomic mass is 9.69. The van der Waals surface area contributed by atoms with Crippen molar-refractivity contribution in [2.75, 3.05) is 11.5 Å². The fraction of sp³-hybridized carbons (Fsp3) is 0.455. The number of phenolic OH excluding ortho intramolecular Hbond substituents is 1. The number of phenols is 1. The molecule has 4 atom stereocenters. The van der Waals surface area contributed by atoms with E-state index in [1.165, 1.54) is 0 Å². The minimum absolute atomic E-state index is 0.0216. The number of allylic oxidation sites excluding steroid dienone is 2. The van der Waals surface area contributed by atoms with Gasteiger partial charge in [0.1, 0.15) is 5.75 Å². The van der Waals surface area contributed by atoms with Gasteiger partial charge in [0.25, 0.3) is 0 Å². The summed E-state index contributed by atoms with van der Waals surface area (Å²) in [6.45, 7) is 7.69. The number of nitrogens with zero attached hydrogens (tertiary/aromatic N) is 1. The normalized spacial score (nSPS) is 24.3. The van der Waals surface area contributed by atoms with Crippen molar-refractivity contribution in [2.24, 2.45) is 17.8 Å². The lowest BCUT2D eigenvalue weighted by Gasteiger charge is -2.31. The highest BCUT2D eigenvalue weighted by molar-refractivity contribution is 6.22. The second-order valence-corrected chi connectivity index (χ2v) is 12.0. The number of aryl methyl sites for hydroxylation is 2. The third-order valence-electron chi connectivity index (χ3n) is 8.99. The van der Waals surface area contributed by atoms with Gasteiger partial charge in [-0.15, -0.1) is 0 Å². The number of imide groups is 1. The molecule has 3 aliphatic rings. The number of carbonyl (C=O) groups is 2. The average Bonchev–Trinajstić information content (AvgIpc) is 3.47. The molecule has 0 spiro atoms. The molecule has 2 saturated heterocycles. The number of aromatic hydroxyl groups is 1. The molecule has 2 amide bonds. The Balaban J connectivity index is 1.40. The summed E-state index contributed by atoms with van der Waals surface area (Å²) < 4.78 is 87.4. The molecule has 2 aliphatic heterocycles. The molecule has 2 aromatic rings. The van der Waals surface area contributed by atoms with E-state index in [2.05, 4.69) is 0 Å². The Kier molecular flexibility index (Phi) is 8.24. The first kappa shape index (κ1) is 31.8. The number of anilines is 1. The third-order valence-corrected chi connectivity index (χ3v) is 8.99. The number of hydrogen-bond donors (Lipinski definition) is 1. The molecule has 2 fully saturated rings. The molecule has 5 nitrogen and oxygen atoms in total. The predicted molar refractivity (Wildman–Crippen MR) is 152 cm³/mol. The van der Waals surface area contributed by atoms with E-state index in [9.17, 15) is 41.0 Å². The molecule has 0 unspecified atom stereocenters. The molecule has 0 saturated carbocycles. The van der Waals surface area contributed by atoms with Gasteiger partial charge in [-0.25, -0.2) is 4.90 Å². The van der Waals surface area contributed by atoms with E-state index in [0.29, 0.717) is 36.3 Å². The van der Waals surface area contributed by atoms with Crippen molar-refractivity contribution in [3.63, 3.8) is 0 Å². The van der Waals surface area contributed by atoms with Crippen LogP contribution in [-0.2, 0) is 26.7 Å². The Morgan fingerprint density at radius 3 is 2.09 bits per heavy atom. The van der Waals surface area contributed by atoms with E-state index in [1.54, 1.807) is 0 Å². The van der Waals surface area contributed by atoms with Crippen LogP contribution in [0.15, 0.2) is 47.1 Å². The van der Waals surface area contributed by atoms with Gasteiger partial charge in [-0.05, 0) is 99.0 Å². The molecule has 2 heterocycles. The van der Waals surface area contributed by atoms with Crippen LogP contribution in [-0.4, -0.2) is 29.6 Å². The fourth-order valence-electron chi connectivity index (χ4n) is 6.92. The van der Waals surface area contributed by atoms with E-state index in [1.807, 2.05) is 45.9 Å². The summed E-state index contributed by atoms with van der Waals surface area (Å²) in [6, 6.07) is 4.62. The molecule has 1 N–H and O–H groups in total. The molecule has 11 heteroatoms. The maximum absolute atomic E-state index is 13.7. The average molecular weight is 622 g/mol. The Bertz CT molecular complexity index is 1520. The van der Waals surface area contributed by atoms with Crippen LogP contribution in [0.1, 0.15) is 67.3 Å². The largest absolute Gasteiger partial charge is 0.507 e. The monoisotopic (exact) mass is 621 g/mol. The SMILES string of the molecule is CCC1=C2[C@@H](CC/C(C)=C/c3cc(C)c(O)c(C)c3)OC[C@@H]2[C@@H]2C(=O)N(c3cc(C(F)(F)F)cc(C(F)(F)F)c3)C(=O)[C@@H]2C1. The summed E-state index contributed by atoms with van der Waals surface area (Å²) in [5.41, 5.74) is 1.51. The van der Waals surface area contributed by atoms with Gasteiger partial charge in [-0.1, -0.05) is 24.1 Å². The highest BCUT2D eigenvalue weighted by Gasteiger charge is 2.57. The zero-order chi connectivity index (χ0) is 32.3. The predicted octanol–water partition coefficient (Wildman–Crippen LogP) is 8.16. The summed E-state index contributed by atoms with van der Waals surface area (Å²) >= 11 is 0. The van der Waals surface area contributed by atoms with E-state index in [-0.39, 0.29) is 30.9 Å². The zero-order valence-electron chi connectivity index (χ0n) is 24.7. The summed E-state index contributed by atoms with van der Waals surface area (Å²) in [6.07, 6.45) is -6.51. The van der Waals surface area contributed by atoms with Crippen molar-refractivity contribution in [1.29, 1.82) is 0 Å². The molecule has 236 valence electrons. The highest BCUT2D eigenvalue weighted by Crippen LogP contribution is 2.52. The van der Waals surface area contributed by atoms with Crippen LogP contribution in [0.25, 0.3) is 6.08 Å². The standard InChI is InChI=1S/C33H33F6NO4/c1-5-20-11-24-28(31(43)40(30(24)42)23-13-21(32(34,35)36)12-22(14-23)33(37,38)39)25-15-44-26(27(20)25)7-6-16(2)8-19-9-17(3)29(41)18(4)10-19/h8-10,12-14,24-26,28,41H,5-7,11,15H2,1-4H3/b16-8+/t24-,25+,26-,28-/m1/s1. The number of hydrogen-bond acceptors (Lipinski definition) is 4. The summed E-state index contributed by atoms with van der Waals surface area (Å²) in [7, 11) is 0. The maximum atomic E-state index is 13.7. The van der Waals surface area contributed by atoms with Crippen LogP contribution >= 0.6 is 0 Å². The van der Waals surface area contributed by atoms with Crippen LogP contribution in [0.5, 0.6) is 5.75 Å². The van der Waals surface area contributed by atoms with Crippen molar-refractivity contribution in [2.45, 2.75) is 71.8 Å². The first-order valence-electron chi connectivity index (χ1n) is 14.5. The van der Waals surface area contributed by atoms with Crippen molar-refractivity contribution >= 4 is 23.6 Å². The number of amides is 2. The lowest BCUT2D eigenvalue weighted by molar-refractivity contribution is -0.143. The van der Waals surface area contributed by atoms with Gasteiger partial charge in [-0.2, -0.15) is 26.3 Å². The fourth-order valence-corrected chi connectivity index (χ4v) is 6.92. The van der Waals surface area contributed by atoms with Crippen molar-refractivity contribution < 1.29 is 45.8 Å². The van der Waals surface area contributed by atoms with Crippen molar-refractivity contribution in [3.05, 3.63) is 74.9 Å². The van der Waals surface area contributed by atoms with Gasteiger partial charge in [0.15, 0.2) is 0 Å². The number of benzene rings is 2. The third kappa shape index (κ3) is 5.78. The summed E-state index contributed by atoms with van der Waals surface area (Å²) in [5, 5.41) is 10.1. The Labute approximate surface area is 251 Å². The molecular weight excluding hydrogens is 588 g/mol. The van der Waals surface area contributed by atoms with Crippen molar-refractivity contribution in [1.82, 2.24) is 0 Å². The number of ether oxygens (including phenoxy) is 1. The Morgan fingerprint density at radius 2 is 1.55 bits per heavy atom. The van der Waals surface area contributed by atoms with Gasteiger partial charge in [-0.3, -0.25) is 9.59 Å². The van der Waals surface area contributed by atoms with Gasteiger partial charge in [0.2, 0.25) is 11.8 Å². The van der Waals surface area contributed by atoms with Crippen LogP contribution in [0.4, 0.5) is 32.0 Å². The van der Waals surface area contributed by atoms with Crippen LogP contribution in [0.3, 0.4) is 0 Å². The number of rotatable bonds is 6. The summed E-state index contributed by atoms with van der Waals surface area (Å²) in [5.74, 6) is -3.65. The second-order valence-electron chi connectivity index (χ2n) is 12.0. The minimum Gasteiger partial charge on any atom is -0.507 e. The molecule has 2 aromatic carbocycles. The van der Waals surface area contributed by atoms with Crippen molar-refractivity contribution in [3.8, 4) is 5.75 Å². The Hall–Kier alpha value is -3.60. The molecular formula is C33H33F6NO4. The van der Waals surface area contributed by atoms with E-state index >= 15 is 0 Å². The van der Waals surface area contributed by atoms with E-state index < -0.39 is 58.7 Å². The molecule has 5 rings (SSSR count). The van der Waals surface area contributed by atoms with Crippen LogP contribution in [0.2, 0.25) is 0 Å². The first-order chi connectivity index (χ1) is 20.5. The van der Waals surface area contributed by atoms with Crippen LogP contribution < -0.4 is 4.90 Å². The molecule has 0 bridgehead atoms. The van der Waals surface area contributed by atoms with Crippen LogP contribution in [0, 0.1) is 31.6 Å². The number of fused-ring (bicyclic) bond motifs is 3. The van der Waals surface area contributed by atoms with Gasteiger partial charge in [0, 0.05) is 5.92 Å². The molecule has 1 aliphatic carbocycles. The van der Waals surface area contributed by atoms with E-state index in [4.69, 9.17) is 4.74 Å². The second kappa shape index (κ2) is 11.4. The number of carbonyl (C=O) groups excluding carboxylic acids is 2. The Morgan fingerprint density at radius 1 is 0.955 bits per heavy atom. The number of alkyl halides is 6. The molecule has 0 radical (unpaired) electrons. The van der Waals surface area contributed by atoms with Gasteiger partial charge >= 0.3 is 12.4 Å². The smallest absolute Gasteiger partial charge is 0.416 e. The molecule has 0 aromatic heterocycles. The lowest BCUT2D eigenvalue weighted by Crippen LogP contribution is -2.34. The number of halogens is 6. The first-order valence-corrected chi connectivity index (χ1v) is 14.5. The quantitative estimate of drug-likeness (QED) is 0.201.